The molecule has 2 aromatic rings. The van der Waals surface area contributed by atoms with Crippen molar-refractivity contribution in [1.29, 1.82) is 0 Å². The van der Waals surface area contributed by atoms with E-state index in [1.807, 2.05) is 18.2 Å². The maximum atomic E-state index is 13.2. The number of aliphatic hydroxyl groups is 1. The van der Waals surface area contributed by atoms with Gasteiger partial charge in [-0.15, -0.1) is 0 Å². The fraction of sp³-hybridized carbons (Fsp3) is 0.500. The van der Waals surface area contributed by atoms with Gasteiger partial charge in [-0.05, 0) is 67.1 Å². The topological polar surface area (TPSA) is 117 Å². The predicted octanol–water partition coefficient (Wildman–Crippen LogP) is 1.83. The van der Waals surface area contributed by atoms with E-state index in [0.29, 0.717) is 31.6 Å². The number of phenolic OH excluding ortho intramolecular Hbond substituents is 1. The number of rotatable bonds is 7. The zero-order chi connectivity index (χ0) is 25.9. The summed E-state index contributed by atoms with van der Waals surface area (Å²) in [5.41, 5.74) is 4.57. The van der Waals surface area contributed by atoms with Crippen LogP contribution in [0.1, 0.15) is 47.7 Å². The number of hydrogen-bond acceptors (Lipinski definition) is 7. The number of benzene rings is 2. The molecule has 2 atom stereocenters. The van der Waals surface area contributed by atoms with Crippen molar-refractivity contribution in [2.45, 2.75) is 57.3 Å². The van der Waals surface area contributed by atoms with E-state index in [1.165, 1.54) is 6.42 Å². The highest BCUT2D eigenvalue weighted by molar-refractivity contribution is 5.96. The van der Waals surface area contributed by atoms with Crippen LogP contribution in [0.5, 0.6) is 5.75 Å². The van der Waals surface area contributed by atoms with Crippen LogP contribution < -0.4 is 20.9 Å². The van der Waals surface area contributed by atoms with E-state index >= 15 is 0 Å². The molecule has 3 heterocycles. The number of carbonyl (C=O) groups excluding carboxylic acids is 2. The number of piperidine rings is 1. The van der Waals surface area contributed by atoms with Crippen molar-refractivity contribution < 1.29 is 19.8 Å². The molecule has 2 aromatic carbocycles. The normalized spacial score (nSPS) is 20.5. The molecule has 9 nitrogen and oxygen atoms in total. The van der Waals surface area contributed by atoms with Gasteiger partial charge in [-0.25, -0.2) is 0 Å². The van der Waals surface area contributed by atoms with Gasteiger partial charge in [0, 0.05) is 69.2 Å². The van der Waals surface area contributed by atoms with Crippen LogP contribution >= 0.6 is 0 Å². The Bertz CT molecular complexity index is 1140. The van der Waals surface area contributed by atoms with Crippen molar-refractivity contribution in [1.82, 2.24) is 15.5 Å². The second kappa shape index (κ2) is 11.0. The Morgan fingerprint density at radius 1 is 1.08 bits per heavy atom. The summed E-state index contributed by atoms with van der Waals surface area (Å²) in [5, 5.41) is 30.2. The highest BCUT2D eigenvalue weighted by Crippen LogP contribution is 2.27. The fourth-order valence-electron chi connectivity index (χ4n) is 5.46. The van der Waals surface area contributed by atoms with E-state index in [2.05, 4.69) is 26.9 Å². The molecule has 0 spiro atoms. The van der Waals surface area contributed by atoms with E-state index in [-0.39, 0.29) is 36.2 Å². The lowest BCUT2D eigenvalue weighted by Crippen LogP contribution is -2.56. The van der Waals surface area contributed by atoms with Crippen LogP contribution in [0.2, 0.25) is 0 Å². The Labute approximate surface area is 217 Å². The molecule has 0 bridgehead atoms. The van der Waals surface area contributed by atoms with Crippen LogP contribution in [0.25, 0.3) is 0 Å². The van der Waals surface area contributed by atoms with Crippen molar-refractivity contribution in [3.8, 4) is 5.75 Å². The number of carbonyl (C=O) groups is 2. The van der Waals surface area contributed by atoms with Crippen molar-refractivity contribution in [2.75, 3.05) is 42.9 Å². The number of hydrogen-bond donors (Lipinski definition) is 5. The monoisotopic (exact) mass is 507 g/mol. The third-order valence-corrected chi connectivity index (χ3v) is 7.72. The highest BCUT2D eigenvalue weighted by atomic mass is 16.3. The lowest BCUT2D eigenvalue weighted by Gasteiger charge is -2.39. The first-order chi connectivity index (χ1) is 17.9. The first-order valence-corrected chi connectivity index (χ1v) is 13.3. The molecule has 2 amide bonds. The average molecular weight is 508 g/mol. The smallest absolute Gasteiger partial charge is 0.251 e. The second-order valence-corrected chi connectivity index (χ2v) is 10.5. The number of nitrogens with one attached hydrogen (secondary N) is 3. The van der Waals surface area contributed by atoms with Crippen LogP contribution in [0.3, 0.4) is 0 Å². The zero-order valence-electron chi connectivity index (χ0n) is 21.4. The summed E-state index contributed by atoms with van der Waals surface area (Å²) in [7, 11) is 0. The van der Waals surface area contributed by atoms with Gasteiger partial charge in [0.1, 0.15) is 5.75 Å². The molecule has 0 aliphatic carbocycles. The number of aromatic hydroxyl groups is 1. The summed E-state index contributed by atoms with van der Waals surface area (Å²) >= 11 is 0. The summed E-state index contributed by atoms with van der Waals surface area (Å²) in [6, 6.07) is 11.2. The Kier molecular flexibility index (Phi) is 7.53. The number of likely N-dealkylation sites (tertiary alicyclic amines) is 1. The molecule has 2 fully saturated rings. The third-order valence-electron chi connectivity index (χ3n) is 7.72. The van der Waals surface area contributed by atoms with Gasteiger partial charge < -0.3 is 36.0 Å². The number of phenols is 1. The molecular weight excluding hydrogens is 470 g/mol. The maximum Gasteiger partial charge on any atom is 0.251 e. The lowest BCUT2D eigenvalue weighted by atomic mass is 9.92. The number of fused-ring (bicyclic) bond motifs is 1. The van der Waals surface area contributed by atoms with Gasteiger partial charge in [0.05, 0.1) is 12.1 Å². The quantitative estimate of drug-likeness (QED) is 0.388. The molecule has 2 saturated heterocycles. The summed E-state index contributed by atoms with van der Waals surface area (Å²) in [6.45, 7) is 5.54. The maximum absolute atomic E-state index is 13.2. The summed E-state index contributed by atoms with van der Waals surface area (Å²) in [5.74, 6) is 0.0924. The van der Waals surface area contributed by atoms with Crippen molar-refractivity contribution in [3.05, 3.63) is 53.1 Å². The SMILES string of the molecule is CC(=O)N1CC(Nc2cc(C(=O)NC[C@@H](O)[C@@H]3Cc4ccc(O)cc4CN3)cc(N3CCCCC3)c2)C1. The molecule has 37 heavy (non-hydrogen) atoms. The van der Waals surface area contributed by atoms with Gasteiger partial charge in [-0.3, -0.25) is 9.59 Å². The molecule has 3 aliphatic heterocycles. The standard InChI is InChI=1S/C28H37N5O4/c1-18(34)33-16-23(17-33)31-22-9-20(10-24(13-22)32-7-3-2-4-8-32)28(37)30-15-27(36)26-12-19-5-6-25(35)11-21(19)14-29-26/h5-6,9-11,13,23,26-27,29,31,35-36H,2-4,7-8,12,14-17H2,1H3,(H,30,37)/t26-,27+/m0/s1. The first kappa shape index (κ1) is 25.4. The second-order valence-electron chi connectivity index (χ2n) is 10.5. The predicted molar refractivity (Wildman–Crippen MR) is 143 cm³/mol. The van der Waals surface area contributed by atoms with Gasteiger partial charge in [0.25, 0.3) is 5.91 Å². The van der Waals surface area contributed by atoms with Gasteiger partial charge in [0.2, 0.25) is 5.91 Å². The van der Waals surface area contributed by atoms with E-state index in [9.17, 15) is 19.8 Å². The largest absolute Gasteiger partial charge is 0.508 e. The third kappa shape index (κ3) is 5.99. The summed E-state index contributed by atoms with van der Waals surface area (Å²) in [4.78, 5) is 28.9. The van der Waals surface area contributed by atoms with Gasteiger partial charge in [-0.2, -0.15) is 0 Å². The van der Waals surface area contributed by atoms with E-state index in [4.69, 9.17) is 0 Å². The molecule has 9 heteroatoms. The molecule has 3 aliphatic rings. The zero-order valence-corrected chi connectivity index (χ0v) is 21.4. The molecule has 198 valence electrons. The van der Waals surface area contributed by atoms with Gasteiger partial charge >= 0.3 is 0 Å². The van der Waals surface area contributed by atoms with E-state index in [0.717, 1.165) is 48.4 Å². The Morgan fingerprint density at radius 2 is 1.86 bits per heavy atom. The highest BCUT2D eigenvalue weighted by Gasteiger charge is 2.29. The molecule has 5 N–H and O–H groups in total. The molecule has 0 saturated carbocycles. The molecule has 0 unspecified atom stereocenters. The van der Waals surface area contributed by atoms with Crippen molar-refractivity contribution >= 4 is 23.2 Å². The van der Waals surface area contributed by atoms with Crippen LogP contribution in [-0.2, 0) is 17.8 Å². The first-order valence-electron chi connectivity index (χ1n) is 13.3. The van der Waals surface area contributed by atoms with Crippen molar-refractivity contribution in [2.24, 2.45) is 0 Å². The number of aliphatic hydroxyl groups excluding tert-OH is 1. The Hall–Kier alpha value is -3.30. The number of amides is 2. The molecule has 0 aromatic heterocycles. The average Bonchev–Trinajstić information content (AvgIpc) is 2.88. The molecule has 5 rings (SSSR count). The minimum absolute atomic E-state index is 0.0767. The lowest BCUT2D eigenvalue weighted by molar-refractivity contribution is -0.132. The molecular formula is C28H37N5O4. The fourth-order valence-corrected chi connectivity index (χ4v) is 5.46. The van der Waals surface area contributed by atoms with Crippen LogP contribution in [0.15, 0.2) is 36.4 Å². The minimum atomic E-state index is -0.749. The van der Waals surface area contributed by atoms with Crippen molar-refractivity contribution in [3.63, 3.8) is 0 Å². The van der Waals surface area contributed by atoms with Gasteiger partial charge in [-0.1, -0.05) is 6.07 Å². The van der Waals surface area contributed by atoms with E-state index in [1.54, 1.807) is 24.0 Å². The minimum Gasteiger partial charge on any atom is -0.508 e. The molecule has 0 radical (unpaired) electrons. The van der Waals surface area contributed by atoms with Crippen LogP contribution in [0.4, 0.5) is 11.4 Å². The van der Waals surface area contributed by atoms with Crippen LogP contribution in [-0.4, -0.2) is 77.8 Å². The number of anilines is 2. The summed E-state index contributed by atoms with van der Waals surface area (Å²) < 4.78 is 0. The Balaban J connectivity index is 1.24. The van der Waals surface area contributed by atoms with Gasteiger partial charge in [0.15, 0.2) is 0 Å². The van der Waals surface area contributed by atoms with Crippen LogP contribution in [0, 0.1) is 0 Å². The summed E-state index contributed by atoms with van der Waals surface area (Å²) in [6.07, 6.45) is 3.38. The number of nitrogens with zero attached hydrogens (tertiary/aromatic N) is 2. The van der Waals surface area contributed by atoms with E-state index < -0.39 is 6.10 Å². The Morgan fingerprint density at radius 3 is 2.62 bits per heavy atom.